The van der Waals surface area contributed by atoms with E-state index in [2.05, 4.69) is 0 Å². The first kappa shape index (κ1) is 22.1. The average molecular weight is 334 g/mol. The lowest BCUT2D eigenvalue weighted by Crippen LogP contribution is -1.98. The minimum atomic E-state index is -0.775. The maximum absolute atomic E-state index is 10.3. The van der Waals surface area contributed by atoms with Gasteiger partial charge in [0.05, 0.1) is 12.2 Å². The Morgan fingerprint density at radius 2 is 1.54 bits per heavy atom. The number of carbonyl (C=O) groups is 1. The van der Waals surface area contributed by atoms with Crippen LogP contribution >= 0.6 is 0 Å². The molecule has 0 fully saturated rings. The van der Waals surface area contributed by atoms with Crippen molar-refractivity contribution in [3.8, 4) is 0 Å². The topological polar surface area (TPSA) is 77.8 Å². The van der Waals surface area contributed by atoms with Crippen molar-refractivity contribution in [2.24, 2.45) is 0 Å². The third-order valence-electron chi connectivity index (χ3n) is 3.16. The molecule has 4 heteroatoms. The monoisotopic (exact) mass is 334 g/mol. The summed E-state index contributed by atoms with van der Waals surface area (Å²) in [4.78, 5) is 10.3. The van der Waals surface area contributed by atoms with E-state index < -0.39 is 12.1 Å². The van der Waals surface area contributed by atoms with Crippen molar-refractivity contribution >= 4 is 5.97 Å². The first-order chi connectivity index (χ1) is 11.6. The summed E-state index contributed by atoms with van der Waals surface area (Å²) in [6, 6.07) is 0. The first-order valence-electron chi connectivity index (χ1n) is 8.45. The van der Waals surface area contributed by atoms with Crippen molar-refractivity contribution in [3.05, 3.63) is 60.8 Å². The van der Waals surface area contributed by atoms with Crippen LogP contribution in [0.4, 0.5) is 0 Å². The standard InChI is InChI=1S/C20H30O4/c1-2-18(21)14-10-6-4-3-5-7-11-15-19(22)16-12-8-9-13-17-20(23)24/h4-8,10-12,14-15,18-19,21-22H,2-3,9,13,16-17H2,1H3,(H,23,24)/b6-4-,7-5-,12-8-,14-10+,15-11-/t18-,19-/m0/s1. The number of rotatable bonds is 13. The molecule has 0 aliphatic rings. The van der Waals surface area contributed by atoms with E-state index in [0.717, 1.165) is 19.3 Å². The largest absolute Gasteiger partial charge is 0.481 e. The average Bonchev–Trinajstić information content (AvgIpc) is 2.55. The maximum atomic E-state index is 10.3. The number of hydrogen-bond acceptors (Lipinski definition) is 3. The van der Waals surface area contributed by atoms with E-state index in [0.29, 0.717) is 12.8 Å². The zero-order chi connectivity index (χ0) is 18.0. The fraction of sp³-hybridized carbons (Fsp3) is 0.450. The van der Waals surface area contributed by atoms with Crippen LogP contribution < -0.4 is 0 Å². The highest BCUT2D eigenvalue weighted by molar-refractivity contribution is 5.66. The Labute approximate surface area is 145 Å². The molecule has 0 heterocycles. The fourth-order valence-electron chi connectivity index (χ4n) is 1.72. The van der Waals surface area contributed by atoms with Gasteiger partial charge in [-0.25, -0.2) is 0 Å². The number of allylic oxidation sites excluding steroid dienone is 7. The molecule has 0 spiro atoms. The lowest BCUT2D eigenvalue weighted by Gasteiger charge is -1.99. The second-order valence-corrected chi connectivity index (χ2v) is 5.40. The van der Waals surface area contributed by atoms with Crippen molar-refractivity contribution in [2.45, 2.75) is 57.7 Å². The molecule has 0 bridgehead atoms. The summed E-state index contributed by atoms with van der Waals surface area (Å²) in [5.74, 6) is -0.775. The maximum Gasteiger partial charge on any atom is 0.303 e. The SMILES string of the molecule is CC[C@H](O)/C=C/C=C\C/C=C\C=C/[C@H](O)C/C=C\CCCC(=O)O. The number of hydrogen-bond donors (Lipinski definition) is 3. The van der Waals surface area contributed by atoms with Crippen molar-refractivity contribution in [1.29, 1.82) is 0 Å². The third kappa shape index (κ3) is 16.5. The zero-order valence-corrected chi connectivity index (χ0v) is 14.4. The summed E-state index contributed by atoms with van der Waals surface area (Å²) in [6.07, 6.45) is 21.3. The van der Waals surface area contributed by atoms with Gasteiger partial charge in [-0.05, 0) is 32.1 Å². The normalized spacial score (nSPS) is 15.5. The molecule has 0 aromatic heterocycles. The molecule has 0 aromatic rings. The van der Waals surface area contributed by atoms with E-state index in [9.17, 15) is 15.0 Å². The molecule has 0 aromatic carbocycles. The van der Waals surface area contributed by atoms with Crippen LogP contribution in [0.1, 0.15) is 45.4 Å². The second-order valence-electron chi connectivity index (χ2n) is 5.40. The summed E-state index contributed by atoms with van der Waals surface area (Å²) in [5, 5.41) is 27.5. The van der Waals surface area contributed by atoms with Gasteiger partial charge in [-0.15, -0.1) is 0 Å². The Morgan fingerprint density at radius 3 is 2.12 bits per heavy atom. The van der Waals surface area contributed by atoms with Crippen LogP contribution in [0.2, 0.25) is 0 Å². The van der Waals surface area contributed by atoms with Crippen molar-refractivity contribution < 1.29 is 20.1 Å². The van der Waals surface area contributed by atoms with Crippen LogP contribution in [-0.2, 0) is 4.79 Å². The van der Waals surface area contributed by atoms with Gasteiger partial charge in [0.25, 0.3) is 0 Å². The van der Waals surface area contributed by atoms with E-state index in [-0.39, 0.29) is 12.5 Å². The Hall–Kier alpha value is -1.91. The minimum absolute atomic E-state index is 0.182. The molecule has 0 radical (unpaired) electrons. The quantitative estimate of drug-likeness (QED) is 0.271. The molecular formula is C20H30O4. The van der Waals surface area contributed by atoms with Gasteiger partial charge in [0.15, 0.2) is 0 Å². The summed E-state index contributed by atoms with van der Waals surface area (Å²) < 4.78 is 0. The zero-order valence-electron chi connectivity index (χ0n) is 14.4. The van der Waals surface area contributed by atoms with Gasteiger partial charge in [-0.1, -0.05) is 67.7 Å². The second kappa shape index (κ2) is 16.0. The number of unbranched alkanes of at least 4 members (excludes halogenated alkanes) is 1. The van der Waals surface area contributed by atoms with E-state index in [1.165, 1.54) is 0 Å². The van der Waals surface area contributed by atoms with Crippen molar-refractivity contribution in [1.82, 2.24) is 0 Å². The highest BCUT2D eigenvalue weighted by Gasteiger charge is 1.95. The highest BCUT2D eigenvalue weighted by atomic mass is 16.4. The van der Waals surface area contributed by atoms with E-state index in [4.69, 9.17) is 5.11 Å². The van der Waals surface area contributed by atoms with Crippen LogP contribution in [0.15, 0.2) is 60.8 Å². The number of aliphatic carboxylic acids is 1. The van der Waals surface area contributed by atoms with Gasteiger partial charge >= 0.3 is 5.97 Å². The number of carboxylic acid groups (broad SMARTS) is 1. The molecular weight excluding hydrogens is 304 g/mol. The Bertz CT molecular complexity index is 458. The van der Waals surface area contributed by atoms with Gasteiger partial charge in [0.2, 0.25) is 0 Å². The van der Waals surface area contributed by atoms with Crippen LogP contribution in [-0.4, -0.2) is 33.5 Å². The molecule has 24 heavy (non-hydrogen) atoms. The Balaban J connectivity index is 3.77. The number of aliphatic hydroxyl groups is 2. The molecule has 0 aliphatic heterocycles. The van der Waals surface area contributed by atoms with Gasteiger partial charge in [-0.3, -0.25) is 4.79 Å². The Kier molecular flexibility index (Phi) is 14.7. The first-order valence-corrected chi connectivity index (χ1v) is 8.45. The highest BCUT2D eigenvalue weighted by Crippen LogP contribution is 2.01. The summed E-state index contributed by atoms with van der Waals surface area (Å²) in [6.45, 7) is 1.93. The molecule has 0 amide bonds. The van der Waals surface area contributed by atoms with Crippen LogP contribution in [0.5, 0.6) is 0 Å². The molecule has 2 atom stereocenters. The smallest absolute Gasteiger partial charge is 0.303 e. The number of aliphatic hydroxyl groups excluding tert-OH is 2. The van der Waals surface area contributed by atoms with E-state index in [1.54, 1.807) is 12.2 Å². The van der Waals surface area contributed by atoms with Crippen molar-refractivity contribution in [2.75, 3.05) is 0 Å². The summed E-state index contributed by atoms with van der Waals surface area (Å²) >= 11 is 0. The van der Waals surface area contributed by atoms with Crippen LogP contribution in [0, 0.1) is 0 Å². The minimum Gasteiger partial charge on any atom is -0.481 e. The fourth-order valence-corrected chi connectivity index (χ4v) is 1.72. The van der Waals surface area contributed by atoms with Crippen molar-refractivity contribution in [3.63, 3.8) is 0 Å². The van der Waals surface area contributed by atoms with Crippen LogP contribution in [0.3, 0.4) is 0 Å². The molecule has 0 unspecified atom stereocenters. The molecule has 0 aliphatic carbocycles. The van der Waals surface area contributed by atoms with E-state index in [1.807, 2.05) is 55.5 Å². The molecule has 0 saturated carbocycles. The molecule has 4 nitrogen and oxygen atoms in total. The molecule has 0 rings (SSSR count). The van der Waals surface area contributed by atoms with Gasteiger partial charge < -0.3 is 15.3 Å². The summed E-state index contributed by atoms with van der Waals surface area (Å²) in [7, 11) is 0. The van der Waals surface area contributed by atoms with Gasteiger partial charge in [0, 0.05) is 6.42 Å². The molecule has 0 saturated heterocycles. The predicted molar refractivity (Wildman–Crippen MR) is 98.7 cm³/mol. The third-order valence-corrected chi connectivity index (χ3v) is 3.16. The van der Waals surface area contributed by atoms with Gasteiger partial charge in [0.1, 0.15) is 0 Å². The Morgan fingerprint density at radius 1 is 0.917 bits per heavy atom. The van der Waals surface area contributed by atoms with Crippen LogP contribution in [0.25, 0.3) is 0 Å². The van der Waals surface area contributed by atoms with E-state index >= 15 is 0 Å². The number of carboxylic acids is 1. The lowest BCUT2D eigenvalue weighted by atomic mass is 10.2. The molecule has 134 valence electrons. The lowest BCUT2D eigenvalue weighted by molar-refractivity contribution is -0.137. The summed E-state index contributed by atoms with van der Waals surface area (Å²) in [5.41, 5.74) is 0. The van der Waals surface area contributed by atoms with Gasteiger partial charge in [-0.2, -0.15) is 0 Å². The molecule has 3 N–H and O–H groups in total. The predicted octanol–water partition coefficient (Wildman–Crippen LogP) is 3.93.